The summed E-state index contributed by atoms with van der Waals surface area (Å²) in [7, 11) is 0. The highest BCUT2D eigenvalue weighted by molar-refractivity contribution is 9.10. The lowest BCUT2D eigenvalue weighted by Crippen LogP contribution is -2.39. The molecule has 0 aromatic carbocycles. The van der Waals surface area contributed by atoms with Gasteiger partial charge in [-0.25, -0.2) is 0 Å². The Balaban J connectivity index is 2.68. The first kappa shape index (κ1) is 14.0. The van der Waals surface area contributed by atoms with Gasteiger partial charge in [-0.15, -0.1) is 0 Å². The lowest BCUT2D eigenvalue weighted by Gasteiger charge is -2.17. The van der Waals surface area contributed by atoms with Gasteiger partial charge in [0.15, 0.2) is 0 Å². The first-order valence-electron chi connectivity index (χ1n) is 5.55. The zero-order valence-corrected chi connectivity index (χ0v) is 11.8. The Morgan fingerprint density at radius 3 is 2.65 bits per heavy atom. The summed E-state index contributed by atoms with van der Waals surface area (Å²) in [5, 5.41) is 2.86. The molecule has 1 heterocycles. The van der Waals surface area contributed by atoms with Crippen molar-refractivity contribution in [1.29, 1.82) is 0 Å². The van der Waals surface area contributed by atoms with E-state index in [-0.39, 0.29) is 24.1 Å². The summed E-state index contributed by atoms with van der Waals surface area (Å²) >= 11 is 3.27. The molecule has 1 aromatic heterocycles. The van der Waals surface area contributed by atoms with Crippen LogP contribution in [0.15, 0.2) is 27.6 Å². The third kappa shape index (κ3) is 4.34. The van der Waals surface area contributed by atoms with Crippen LogP contribution in [-0.2, 0) is 11.3 Å². The second kappa shape index (κ2) is 6.00. The maximum absolute atomic E-state index is 11.7. The predicted octanol–water partition coefficient (Wildman–Crippen LogP) is 1.77. The Bertz CT molecular complexity index is 454. The number of carbonyl (C=O) groups is 1. The molecule has 1 N–H and O–H groups in total. The second-order valence-corrected chi connectivity index (χ2v) is 5.33. The molecular weight excluding hydrogens is 284 g/mol. The number of nitrogens with zero attached hydrogens (tertiary/aromatic N) is 1. The fourth-order valence-electron chi connectivity index (χ4n) is 1.25. The molecule has 0 aliphatic rings. The minimum absolute atomic E-state index is 0.0509. The molecule has 1 atom stereocenters. The molecule has 94 valence electrons. The number of pyridine rings is 1. The molecule has 0 aliphatic carbocycles. The quantitative estimate of drug-likeness (QED) is 0.921. The van der Waals surface area contributed by atoms with Gasteiger partial charge in [0.2, 0.25) is 5.91 Å². The van der Waals surface area contributed by atoms with Gasteiger partial charge in [-0.1, -0.05) is 13.8 Å². The first-order valence-corrected chi connectivity index (χ1v) is 6.35. The zero-order chi connectivity index (χ0) is 13.0. The molecule has 0 fully saturated rings. The van der Waals surface area contributed by atoms with Crippen molar-refractivity contribution in [2.24, 2.45) is 5.92 Å². The third-order valence-corrected chi connectivity index (χ3v) is 3.12. The van der Waals surface area contributed by atoms with Gasteiger partial charge in [0.25, 0.3) is 5.56 Å². The van der Waals surface area contributed by atoms with E-state index in [4.69, 9.17) is 0 Å². The summed E-state index contributed by atoms with van der Waals surface area (Å²) < 4.78 is 2.16. The second-order valence-electron chi connectivity index (χ2n) is 4.41. The van der Waals surface area contributed by atoms with Gasteiger partial charge in [-0.2, -0.15) is 0 Å². The third-order valence-electron chi connectivity index (χ3n) is 2.65. The summed E-state index contributed by atoms with van der Waals surface area (Å²) in [6.07, 6.45) is 1.61. The smallest absolute Gasteiger partial charge is 0.251 e. The van der Waals surface area contributed by atoms with E-state index >= 15 is 0 Å². The topological polar surface area (TPSA) is 51.1 Å². The molecule has 0 spiro atoms. The van der Waals surface area contributed by atoms with Gasteiger partial charge in [0.05, 0.1) is 0 Å². The summed E-state index contributed by atoms with van der Waals surface area (Å²) in [4.78, 5) is 23.2. The van der Waals surface area contributed by atoms with Gasteiger partial charge < -0.3 is 9.88 Å². The fourth-order valence-corrected chi connectivity index (χ4v) is 1.63. The number of hydrogen-bond acceptors (Lipinski definition) is 2. The number of rotatable bonds is 4. The number of nitrogens with one attached hydrogen (secondary N) is 1. The Morgan fingerprint density at radius 2 is 2.06 bits per heavy atom. The van der Waals surface area contributed by atoms with Gasteiger partial charge in [-0.3, -0.25) is 9.59 Å². The van der Waals surface area contributed by atoms with Gasteiger partial charge in [0.1, 0.15) is 6.54 Å². The molecule has 1 aromatic rings. The van der Waals surface area contributed by atoms with Crippen LogP contribution in [0.25, 0.3) is 0 Å². The molecule has 1 rings (SSSR count). The summed E-state index contributed by atoms with van der Waals surface area (Å²) in [6, 6.07) is 3.20. The molecule has 5 heteroatoms. The van der Waals surface area contributed by atoms with E-state index in [1.165, 1.54) is 10.6 Å². The SMILES string of the molecule is CC(C)[C@H](C)NC(=O)Cn1cc(Br)ccc1=O. The molecule has 0 aliphatic heterocycles. The van der Waals surface area contributed by atoms with Crippen molar-refractivity contribution in [3.05, 3.63) is 33.2 Å². The van der Waals surface area contributed by atoms with Crippen LogP contribution in [0, 0.1) is 5.92 Å². The van der Waals surface area contributed by atoms with E-state index in [1.807, 2.05) is 20.8 Å². The molecule has 0 saturated carbocycles. The number of halogens is 1. The highest BCUT2D eigenvalue weighted by Crippen LogP contribution is 2.05. The van der Waals surface area contributed by atoms with Crippen LogP contribution in [0.3, 0.4) is 0 Å². The van der Waals surface area contributed by atoms with Gasteiger partial charge >= 0.3 is 0 Å². The van der Waals surface area contributed by atoms with Crippen LogP contribution in [0.4, 0.5) is 0 Å². The van der Waals surface area contributed by atoms with E-state index in [2.05, 4.69) is 21.2 Å². The van der Waals surface area contributed by atoms with Crippen molar-refractivity contribution >= 4 is 21.8 Å². The average Bonchev–Trinajstić information content (AvgIpc) is 2.23. The zero-order valence-electron chi connectivity index (χ0n) is 10.2. The van der Waals surface area contributed by atoms with Crippen LogP contribution in [0.2, 0.25) is 0 Å². The molecule has 0 unspecified atom stereocenters. The molecule has 17 heavy (non-hydrogen) atoms. The first-order chi connectivity index (χ1) is 7.90. The van der Waals surface area contributed by atoms with E-state index in [0.717, 1.165) is 4.47 Å². The maximum atomic E-state index is 11.7. The van der Waals surface area contributed by atoms with E-state index in [0.29, 0.717) is 5.92 Å². The van der Waals surface area contributed by atoms with Crippen molar-refractivity contribution < 1.29 is 4.79 Å². The standard InChI is InChI=1S/C12H17BrN2O2/c1-8(2)9(3)14-11(16)7-15-6-10(13)4-5-12(15)17/h4-6,8-9H,7H2,1-3H3,(H,14,16)/t9-/m0/s1. The fraction of sp³-hybridized carbons (Fsp3) is 0.500. The Morgan fingerprint density at radius 1 is 1.41 bits per heavy atom. The van der Waals surface area contributed by atoms with Crippen LogP contribution >= 0.6 is 15.9 Å². The Kier molecular flexibility index (Phi) is 4.93. The lowest BCUT2D eigenvalue weighted by molar-refractivity contribution is -0.122. The van der Waals surface area contributed by atoms with Crippen molar-refractivity contribution in [2.45, 2.75) is 33.4 Å². The molecule has 4 nitrogen and oxygen atoms in total. The Hall–Kier alpha value is -1.10. The van der Waals surface area contributed by atoms with Gasteiger partial charge in [0, 0.05) is 22.8 Å². The van der Waals surface area contributed by atoms with Gasteiger partial charge in [-0.05, 0) is 34.8 Å². The van der Waals surface area contributed by atoms with E-state index in [9.17, 15) is 9.59 Å². The van der Waals surface area contributed by atoms with Crippen LogP contribution < -0.4 is 10.9 Å². The normalized spacial score (nSPS) is 12.5. The van der Waals surface area contributed by atoms with E-state index < -0.39 is 0 Å². The lowest BCUT2D eigenvalue weighted by atomic mass is 10.1. The van der Waals surface area contributed by atoms with Crippen LogP contribution in [0.5, 0.6) is 0 Å². The summed E-state index contributed by atoms with van der Waals surface area (Å²) in [6.45, 7) is 6.08. The maximum Gasteiger partial charge on any atom is 0.251 e. The molecule has 0 bridgehead atoms. The summed E-state index contributed by atoms with van der Waals surface area (Å²) in [5.74, 6) is 0.226. The number of hydrogen-bond donors (Lipinski definition) is 1. The molecule has 1 amide bonds. The van der Waals surface area contributed by atoms with Crippen molar-refractivity contribution in [1.82, 2.24) is 9.88 Å². The number of aromatic nitrogens is 1. The Labute approximate surface area is 109 Å². The van der Waals surface area contributed by atoms with Crippen molar-refractivity contribution in [3.8, 4) is 0 Å². The molecular formula is C12H17BrN2O2. The van der Waals surface area contributed by atoms with Crippen LogP contribution in [0.1, 0.15) is 20.8 Å². The number of amides is 1. The van der Waals surface area contributed by atoms with Crippen LogP contribution in [-0.4, -0.2) is 16.5 Å². The predicted molar refractivity (Wildman–Crippen MR) is 70.8 cm³/mol. The highest BCUT2D eigenvalue weighted by Gasteiger charge is 2.11. The number of carbonyl (C=O) groups excluding carboxylic acids is 1. The molecule has 0 radical (unpaired) electrons. The van der Waals surface area contributed by atoms with Crippen molar-refractivity contribution in [2.75, 3.05) is 0 Å². The van der Waals surface area contributed by atoms with E-state index in [1.54, 1.807) is 12.3 Å². The monoisotopic (exact) mass is 300 g/mol. The molecule has 0 saturated heterocycles. The summed E-state index contributed by atoms with van der Waals surface area (Å²) in [5.41, 5.74) is -0.180. The minimum atomic E-state index is -0.180. The average molecular weight is 301 g/mol. The largest absolute Gasteiger partial charge is 0.352 e. The highest BCUT2D eigenvalue weighted by atomic mass is 79.9. The minimum Gasteiger partial charge on any atom is -0.352 e. The van der Waals surface area contributed by atoms with Crippen molar-refractivity contribution in [3.63, 3.8) is 0 Å².